The van der Waals surface area contributed by atoms with Crippen LogP contribution < -0.4 is 5.32 Å². The molecule has 0 spiro atoms. The van der Waals surface area contributed by atoms with Crippen LogP contribution in [-0.2, 0) is 0 Å². The Kier molecular flexibility index (Phi) is 5.61. The Morgan fingerprint density at radius 1 is 1.05 bits per heavy atom. The summed E-state index contributed by atoms with van der Waals surface area (Å²) in [5.74, 6) is 0.0763. The second-order valence-corrected chi connectivity index (χ2v) is 11.6. The zero-order chi connectivity index (χ0) is 26.6. The number of hydrogen-bond donors (Lipinski definition) is 3. The van der Waals surface area contributed by atoms with E-state index < -0.39 is 5.82 Å². The minimum absolute atomic E-state index is 0.129. The Balaban J connectivity index is 1.44. The number of aromatic nitrogens is 6. The third kappa shape index (κ3) is 4.14. The molecule has 6 aromatic rings. The van der Waals surface area contributed by atoms with Crippen molar-refractivity contribution < 1.29 is 4.39 Å². The van der Waals surface area contributed by atoms with Crippen molar-refractivity contribution in [2.24, 2.45) is 5.41 Å². The van der Waals surface area contributed by atoms with E-state index in [1.54, 1.807) is 36.0 Å². The number of H-pyrrole nitrogens is 2. The molecular weight excluding hydrogens is 497 g/mol. The third-order valence-corrected chi connectivity index (χ3v) is 7.52. The molecule has 0 fully saturated rings. The highest BCUT2D eigenvalue weighted by molar-refractivity contribution is 7.15. The minimum atomic E-state index is -0.396. The number of aryl methyl sites for hydroxylation is 1. The molecule has 6 rings (SSSR count). The van der Waals surface area contributed by atoms with Gasteiger partial charge in [-0.25, -0.2) is 9.37 Å². The SMILES string of the molecule is C=C(Nc1cncc(-c2ccc3[nH]nc(-c4nc5c(-c6ccc(C)s6)nccc5[nH]4)c3c2F)c1)C(C)(C)C. The number of rotatable bonds is 5. The summed E-state index contributed by atoms with van der Waals surface area (Å²) in [6.45, 7) is 12.4. The van der Waals surface area contributed by atoms with E-state index in [4.69, 9.17) is 4.98 Å². The lowest BCUT2D eigenvalue weighted by Gasteiger charge is -2.23. The van der Waals surface area contributed by atoms with Crippen molar-refractivity contribution in [2.75, 3.05) is 5.32 Å². The summed E-state index contributed by atoms with van der Waals surface area (Å²) >= 11 is 1.66. The number of halogens is 1. The summed E-state index contributed by atoms with van der Waals surface area (Å²) in [6, 6.07) is 11.4. The number of benzene rings is 1. The van der Waals surface area contributed by atoms with Gasteiger partial charge in [-0.15, -0.1) is 11.3 Å². The molecule has 190 valence electrons. The average molecular weight is 524 g/mol. The van der Waals surface area contributed by atoms with Gasteiger partial charge in [0.05, 0.1) is 33.2 Å². The van der Waals surface area contributed by atoms with Gasteiger partial charge in [-0.1, -0.05) is 27.4 Å². The molecule has 0 unspecified atom stereocenters. The van der Waals surface area contributed by atoms with E-state index in [2.05, 4.69) is 70.8 Å². The number of nitrogens with zero attached hydrogens (tertiary/aromatic N) is 4. The minimum Gasteiger partial charge on any atom is -0.358 e. The van der Waals surface area contributed by atoms with Crippen LogP contribution in [0.1, 0.15) is 25.6 Å². The van der Waals surface area contributed by atoms with Crippen molar-refractivity contribution in [3.05, 3.63) is 78.0 Å². The van der Waals surface area contributed by atoms with Crippen LogP contribution in [0.5, 0.6) is 0 Å². The topological polar surface area (TPSA) is 95.2 Å². The quantitative estimate of drug-likeness (QED) is 0.215. The Labute approximate surface area is 222 Å². The van der Waals surface area contributed by atoms with Crippen LogP contribution in [0.25, 0.3) is 55.2 Å². The van der Waals surface area contributed by atoms with Crippen LogP contribution in [0.15, 0.2) is 67.3 Å². The standard InChI is InChI=1S/C29H26FN7S/c1-15-6-9-22(38-15)26-25-21(10-11-32-26)34-28(35-25)27-23-20(36-37-27)8-7-19(24(23)30)17-12-18(14-31-13-17)33-16(2)29(3,4)5/h6-14,33H,2H2,1,3-5H3,(H,34,35)(H,36,37). The van der Waals surface area contributed by atoms with Crippen molar-refractivity contribution in [3.63, 3.8) is 0 Å². The highest BCUT2D eigenvalue weighted by Crippen LogP contribution is 2.36. The highest BCUT2D eigenvalue weighted by atomic mass is 32.1. The first-order valence-corrected chi connectivity index (χ1v) is 13.0. The predicted octanol–water partition coefficient (Wildman–Crippen LogP) is 7.71. The van der Waals surface area contributed by atoms with Gasteiger partial charge in [0, 0.05) is 39.5 Å². The number of anilines is 1. The van der Waals surface area contributed by atoms with Gasteiger partial charge in [-0.2, -0.15) is 5.10 Å². The fraction of sp³-hybridized carbons (Fsp3) is 0.172. The molecule has 0 aliphatic heterocycles. The van der Waals surface area contributed by atoms with Crippen molar-refractivity contribution >= 4 is 39.0 Å². The van der Waals surface area contributed by atoms with E-state index in [1.165, 1.54) is 4.88 Å². The van der Waals surface area contributed by atoms with E-state index in [0.717, 1.165) is 33.0 Å². The zero-order valence-electron chi connectivity index (χ0n) is 21.5. The van der Waals surface area contributed by atoms with Crippen LogP contribution >= 0.6 is 11.3 Å². The molecular formula is C29H26FN7S. The number of fused-ring (bicyclic) bond motifs is 2. The molecule has 3 N–H and O–H groups in total. The zero-order valence-corrected chi connectivity index (χ0v) is 22.3. The number of nitrogens with one attached hydrogen (secondary N) is 3. The number of imidazole rings is 1. The van der Waals surface area contributed by atoms with Crippen LogP contribution in [0.3, 0.4) is 0 Å². The number of thiophene rings is 1. The van der Waals surface area contributed by atoms with Gasteiger partial charge in [0.1, 0.15) is 22.7 Å². The molecule has 38 heavy (non-hydrogen) atoms. The third-order valence-electron chi connectivity index (χ3n) is 6.52. The fourth-order valence-corrected chi connectivity index (χ4v) is 5.14. The maximum Gasteiger partial charge on any atom is 0.159 e. The first kappa shape index (κ1) is 24.0. The Hall–Kier alpha value is -4.37. The number of aromatic amines is 2. The number of allylic oxidation sites excluding steroid dienone is 1. The van der Waals surface area contributed by atoms with Gasteiger partial charge in [0.25, 0.3) is 0 Å². The van der Waals surface area contributed by atoms with E-state index in [9.17, 15) is 0 Å². The average Bonchev–Trinajstić information content (AvgIpc) is 3.61. The Morgan fingerprint density at radius 3 is 2.66 bits per heavy atom. The van der Waals surface area contributed by atoms with Crippen molar-refractivity contribution in [2.45, 2.75) is 27.7 Å². The van der Waals surface area contributed by atoms with Crippen molar-refractivity contribution in [3.8, 4) is 33.2 Å². The normalized spacial score (nSPS) is 11.9. The van der Waals surface area contributed by atoms with Gasteiger partial charge in [0.2, 0.25) is 0 Å². The molecule has 0 atom stereocenters. The van der Waals surface area contributed by atoms with E-state index >= 15 is 4.39 Å². The lowest BCUT2D eigenvalue weighted by Crippen LogP contribution is -2.15. The predicted molar refractivity (Wildman–Crippen MR) is 152 cm³/mol. The fourth-order valence-electron chi connectivity index (χ4n) is 4.27. The van der Waals surface area contributed by atoms with Crippen molar-refractivity contribution in [1.82, 2.24) is 30.1 Å². The summed E-state index contributed by atoms with van der Waals surface area (Å²) in [6.07, 6.45) is 5.10. The molecule has 0 saturated carbocycles. The number of pyridine rings is 2. The first-order chi connectivity index (χ1) is 18.2. The molecule has 0 aliphatic rings. The van der Waals surface area contributed by atoms with Gasteiger partial charge in [-0.05, 0) is 43.3 Å². The molecule has 0 saturated heterocycles. The van der Waals surface area contributed by atoms with Crippen molar-refractivity contribution in [1.29, 1.82) is 0 Å². The molecule has 5 aromatic heterocycles. The monoisotopic (exact) mass is 523 g/mol. The van der Waals surface area contributed by atoms with Gasteiger partial charge < -0.3 is 10.3 Å². The second kappa shape index (κ2) is 8.88. The summed E-state index contributed by atoms with van der Waals surface area (Å²) in [5, 5.41) is 11.0. The molecule has 9 heteroatoms. The lowest BCUT2D eigenvalue weighted by molar-refractivity contribution is 0.509. The molecule has 7 nitrogen and oxygen atoms in total. The van der Waals surface area contributed by atoms with Crippen LogP contribution in [-0.4, -0.2) is 30.1 Å². The Bertz CT molecular complexity index is 1840. The van der Waals surface area contributed by atoms with E-state index in [0.29, 0.717) is 33.5 Å². The molecule has 0 amide bonds. The van der Waals surface area contributed by atoms with Gasteiger partial charge in [0.15, 0.2) is 5.82 Å². The molecule has 5 heterocycles. The smallest absolute Gasteiger partial charge is 0.159 e. The van der Waals surface area contributed by atoms with Crippen LogP contribution in [0.2, 0.25) is 0 Å². The summed E-state index contributed by atoms with van der Waals surface area (Å²) < 4.78 is 16.1. The van der Waals surface area contributed by atoms with Crippen LogP contribution in [0, 0.1) is 18.2 Å². The summed E-state index contributed by atoms with van der Waals surface area (Å²) in [7, 11) is 0. The summed E-state index contributed by atoms with van der Waals surface area (Å²) in [4.78, 5) is 19.3. The maximum absolute atomic E-state index is 16.1. The largest absolute Gasteiger partial charge is 0.358 e. The van der Waals surface area contributed by atoms with Gasteiger partial charge in [-0.3, -0.25) is 15.1 Å². The number of hydrogen-bond acceptors (Lipinski definition) is 6. The lowest BCUT2D eigenvalue weighted by atomic mass is 9.93. The first-order valence-electron chi connectivity index (χ1n) is 12.2. The molecule has 0 radical (unpaired) electrons. The summed E-state index contributed by atoms with van der Waals surface area (Å²) in [5.41, 5.74) is 5.84. The highest BCUT2D eigenvalue weighted by Gasteiger charge is 2.21. The van der Waals surface area contributed by atoms with E-state index in [1.807, 2.05) is 24.3 Å². The Morgan fingerprint density at radius 2 is 1.89 bits per heavy atom. The van der Waals surface area contributed by atoms with Gasteiger partial charge >= 0.3 is 0 Å². The van der Waals surface area contributed by atoms with Crippen LogP contribution in [0.4, 0.5) is 10.1 Å². The second-order valence-electron chi connectivity index (χ2n) is 10.3. The molecule has 0 bridgehead atoms. The van der Waals surface area contributed by atoms with E-state index in [-0.39, 0.29) is 5.41 Å². The maximum atomic E-state index is 16.1. The molecule has 0 aliphatic carbocycles. The molecule has 1 aromatic carbocycles.